The second-order valence-corrected chi connectivity index (χ2v) is 5.90. The van der Waals surface area contributed by atoms with Gasteiger partial charge in [-0.05, 0) is 39.0 Å². The molecule has 7 nitrogen and oxygen atoms in total. The van der Waals surface area contributed by atoms with Gasteiger partial charge in [0.2, 0.25) is 0 Å². The highest BCUT2D eigenvalue weighted by molar-refractivity contribution is 5.95. The Labute approximate surface area is 150 Å². The third-order valence-corrected chi connectivity index (χ3v) is 3.90. The molecule has 1 amide bonds. The summed E-state index contributed by atoms with van der Waals surface area (Å²) in [7, 11) is 0. The van der Waals surface area contributed by atoms with Crippen molar-refractivity contribution >= 4 is 17.7 Å². The molecule has 0 atom stereocenters. The van der Waals surface area contributed by atoms with Gasteiger partial charge in [-0.2, -0.15) is 0 Å². The molecule has 26 heavy (non-hydrogen) atoms. The maximum atomic E-state index is 12.4. The van der Waals surface area contributed by atoms with Crippen molar-refractivity contribution in [2.24, 2.45) is 0 Å². The summed E-state index contributed by atoms with van der Waals surface area (Å²) in [4.78, 5) is 24.2. The van der Waals surface area contributed by atoms with Gasteiger partial charge in [0.1, 0.15) is 5.76 Å². The normalized spacial score (nSPS) is 10.6. The van der Waals surface area contributed by atoms with E-state index in [0.29, 0.717) is 11.3 Å². The number of para-hydroxylation sites is 1. The number of nitrogens with one attached hydrogen (secondary N) is 1. The molecule has 0 fully saturated rings. The molecular weight excluding hydrogens is 334 g/mol. The van der Waals surface area contributed by atoms with Crippen molar-refractivity contribution in [3.63, 3.8) is 0 Å². The average Bonchev–Trinajstić information content (AvgIpc) is 3.16. The zero-order valence-corrected chi connectivity index (χ0v) is 14.8. The molecule has 2 heterocycles. The minimum Gasteiger partial charge on any atom is -0.452 e. The van der Waals surface area contributed by atoms with Crippen molar-refractivity contribution in [3.05, 3.63) is 65.2 Å². The predicted molar refractivity (Wildman–Crippen MR) is 95.4 cm³/mol. The van der Waals surface area contributed by atoms with E-state index in [9.17, 15) is 9.59 Å². The molecule has 3 aromatic rings. The molecule has 0 bridgehead atoms. The Morgan fingerprint density at radius 2 is 1.88 bits per heavy atom. The van der Waals surface area contributed by atoms with Crippen LogP contribution in [0.2, 0.25) is 0 Å². The third-order valence-electron chi connectivity index (χ3n) is 3.90. The van der Waals surface area contributed by atoms with Gasteiger partial charge in [0.05, 0.1) is 5.56 Å². The lowest BCUT2D eigenvalue weighted by Crippen LogP contribution is -2.21. The topological polar surface area (TPSA) is 86.4 Å². The van der Waals surface area contributed by atoms with E-state index in [1.54, 1.807) is 19.1 Å². The molecule has 3 rings (SSSR count). The molecule has 1 N–H and O–H groups in total. The van der Waals surface area contributed by atoms with E-state index >= 15 is 0 Å². The lowest BCUT2D eigenvalue weighted by atomic mass is 10.2. The maximum Gasteiger partial charge on any atom is 0.340 e. The summed E-state index contributed by atoms with van der Waals surface area (Å²) in [6.45, 7) is 5.07. The molecule has 0 unspecified atom stereocenters. The van der Waals surface area contributed by atoms with Crippen molar-refractivity contribution in [2.75, 3.05) is 11.9 Å². The van der Waals surface area contributed by atoms with Gasteiger partial charge in [0, 0.05) is 23.1 Å². The van der Waals surface area contributed by atoms with E-state index < -0.39 is 18.5 Å². The van der Waals surface area contributed by atoms with E-state index in [4.69, 9.17) is 9.26 Å². The Balaban J connectivity index is 1.68. The molecule has 0 spiro atoms. The first-order chi connectivity index (χ1) is 12.5. The van der Waals surface area contributed by atoms with Gasteiger partial charge >= 0.3 is 5.97 Å². The van der Waals surface area contributed by atoms with Crippen molar-refractivity contribution < 1.29 is 18.8 Å². The summed E-state index contributed by atoms with van der Waals surface area (Å²) in [5.74, 6) is -0.174. The van der Waals surface area contributed by atoms with E-state index in [1.165, 1.54) is 0 Å². The number of anilines is 1. The summed E-state index contributed by atoms with van der Waals surface area (Å²) in [6, 6.07) is 13.0. The molecule has 134 valence electrons. The standard InChI is InChI=1S/C19H19N3O4/c1-12-9-16(14(3)22(12)15-7-5-4-6-8-15)19(24)25-11-18(23)20-17-10-13(2)26-21-17/h4-10H,11H2,1-3H3,(H,20,21,23). The number of esters is 1. The molecular formula is C19H19N3O4. The summed E-state index contributed by atoms with van der Waals surface area (Å²) < 4.78 is 12.0. The van der Waals surface area contributed by atoms with Crippen LogP contribution in [-0.2, 0) is 9.53 Å². The predicted octanol–water partition coefficient (Wildman–Crippen LogP) is 3.19. The Morgan fingerprint density at radius 3 is 2.54 bits per heavy atom. The van der Waals surface area contributed by atoms with E-state index in [0.717, 1.165) is 17.1 Å². The summed E-state index contributed by atoms with van der Waals surface area (Å²) in [5, 5.41) is 6.15. The van der Waals surface area contributed by atoms with Crippen LogP contribution in [0.5, 0.6) is 0 Å². The van der Waals surface area contributed by atoms with Gasteiger partial charge < -0.3 is 19.1 Å². The Hall–Kier alpha value is -3.35. The SMILES string of the molecule is Cc1cc(NC(=O)COC(=O)c2cc(C)n(-c3ccccc3)c2C)no1. The number of hydrogen-bond acceptors (Lipinski definition) is 5. The molecule has 0 saturated carbocycles. The number of benzene rings is 1. The zero-order valence-electron chi connectivity index (χ0n) is 14.8. The molecule has 0 radical (unpaired) electrons. The van der Waals surface area contributed by atoms with Gasteiger partial charge in [0.15, 0.2) is 12.4 Å². The van der Waals surface area contributed by atoms with Crippen LogP contribution in [0.1, 0.15) is 27.5 Å². The van der Waals surface area contributed by atoms with Gasteiger partial charge in [0.25, 0.3) is 5.91 Å². The van der Waals surface area contributed by atoms with E-state index in [1.807, 2.05) is 48.7 Å². The fourth-order valence-corrected chi connectivity index (χ4v) is 2.76. The van der Waals surface area contributed by atoms with Crippen molar-refractivity contribution in [2.45, 2.75) is 20.8 Å². The second kappa shape index (κ2) is 7.26. The Bertz CT molecular complexity index is 941. The number of carbonyl (C=O) groups excluding carboxylic acids is 2. The first-order valence-corrected chi connectivity index (χ1v) is 8.10. The van der Waals surface area contributed by atoms with Crippen LogP contribution in [-0.4, -0.2) is 28.2 Å². The van der Waals surface area contributed by atoms with Crippen molar-refractivity contribution in [3.8, 4) is 5.69 Å². The fourth-order valence-electron chi connectivity index (χ4n) is 2.76. The monoisotopic (exact) mass is 353 g/mol. The van der Waals surface area contributed by atoms with Gasteiger partial charge in [-0.15, -0.1) is 0 Å². The Kier molecular flexibility index (Phi) is 4.88. The van der Waals surface area contributed by atoms with Crippen molar-refractivity contribution in [1.82, 2.24) is 9.72 Å². The first kappa shape index (κ1) is 17.5. The number of rotatable bonds is 5. The van der Waals surface area contributed by atoms with Crippen LogP contribution in [0, 0.1) is 20.8 Å². The lowest BCUT2D eigenvalue weighted by Gasteiger charge is -2.09. The molecule has 0 aliphatic heterocycles. The highest BCUT2D eigenvalue weighted by atomic mass is 16.5. The second-order valence-electron chi connectivity index (χ2n) is 5.90. The lowest BCUT2D eigenvalue weighted by molar-refractivity contribution is -0.119. The number of carbonyl (C=O) groups is 2. The average molecular weight is 353 g/mol. The summed E-state index contributed by atoms with van der Waals surface area (Å²) in [6.07, 6.45) is 0. The molecule has 2 aromatic heterocycles. The highest BCUT2D eigenvalue weighted by Gasteiger charge is 2.19. The first-order valence-electron chi connectivity index (χ1n) is 8.10. The molecule has 0 aliphatic rings. The van der Waals surface area contributed by atoms with Crippen LogP contribution in [0.15, 0.2) is 47.0 Å². The molecule has 0 saturated heterocycles. The number of aromatic nitrogens is 2. The van der Waals surface area contributed by atoms with Crippen LogP contribution in [0.3, 0.4) is 0 Å². The number of ether oxygens (including phenoxy) is 1. The van der Waals surface area contributed by atoms with Crippen molar-refractivity contribution in [1.29, 1.82) is 0 Å². The molecule has 0 aliphatic carbocycles. The largest absolute Gasteiger partial charge is 0.452 e. The maximum absolute atomic E-state index is 12.4. The minimum absolute atomic E-state index is 0.283. The quantitative estimate of drug-likeness (QED) is 0.712. The number of nitrogens with zero attached hydrogens (tertiary/aromatic N) is 2. The van der Waals surface area contributed by atoms with Gasteiger partial charge in [-0.1, -0.05) is 23.4 Å². The number of aryl methyl sites for hydroxylation is 2. The fraction of sp³-hybridized carbons (Fsp3) is 0.211. The van der Waals surface area contributed by atoms with Gasteiger partial charge in [-0.25, -0.2) is 4.79 Å². The number of amides is 1. The molecule has 7 heteroatoms. The Morgan fingerprint density at radius 1 is 1.15 bits per heavy atom. The zero-order chi connectivity index (χ0) is 18.7. The van der Waals surface area contributed by atoms with E-state index in [-0.39, 0.29) is 5.82 Å². The van der Waals surface area contributed by atoms with Crippen LogP contribution >= 0.6 is 0 Å². The van der Waals surface area contributed by atoms with Crippen LogP contribution < -0.4 is 5.32 Å². The number of hydrogen-bond donors (Lipinski definition) is 1. The van der Waals surface area contributed by atoms with Gasteiger partial charge in [-0.3, -0.25) is 4.79 Å². The van der Waals surface area contributed by atoms with Crippen LogP contribution in [0.4, 0.5) is 5.82 Å². The summed E-state index contributed by atoms with van der Waals surface area (Å²) >= 11 is 0. The van der Waals surface area contributed by atoms with Crippen LogP contribution in [0.25, 0.3) is 5.69 Å². The summed E-state index contributed by atoms with van der Waals surface area (Å²) in [5.41, 5.74) is 3.05. The smallest absolute Gasteiger partial charge is 0.340 e. The van der Waals surface area contributed by atoms with E-state index in [2.05, 4.69) is 10.5 Å². The minimum atomic E-state index is -0.549. The highest BCUT2D eigenvalue weighted by Crippen LogP contribution is 2.21. The molecule has 1 aromatic carbocycles. The third kappa shape index (κ3) is 3.66.